The molecule has 0 aromatic heterocycles. The van der Waals surface area contributed by atoms with Crippen molar-refractivity contribution in [1.82, 2.24) is 10.6 Å². The van der Waals surface area contributed by atoms with Gasteiger partial charge in [-0.3, -0.25) is 0 Å². The van der Waals surface area contributed by atoms with Gasteiger partial charge in [-0.1, -0.05) is 0 Å². The Balaban J connectivity index is 2.20. The number of carbonyl (C=O) groups excluding carboxylic acids is 1. The van der Waals surface area contributed by atoms with Crippen molar-refractivity contribution in [1.29, 1.82) is 0 Å². The van der Waals surface area contributed by atoms with Crippen molar-refractivity contribution >= 4 is 6.03 Å². The van der Waals surface area contributed by atoms with Crippen LogP contribution in [0, 0.1) is 5.92 Å². The van der Waals surface area contributed by atoms with Crippen LogP contribution in [-0.4, -0.2) is 29.3 Å². The van der Waals surface area contributed by atoms with E-state index in [9.17, 15) is 4.79 Å². The molecule has 2 atom stereocenters. The smallest absolute Gasteiger partial charge is 0.315 e. The number of hydrogen-bond donors (Lipinski definition) is 3. The number of rotatable bonds is 2. The van der Waals surface area contributed by atoms with E-state index in [0.717, 1.165) is 6.42 Å². The van der Waals surface area contributed by atoms with Gasteiger partial charge in [-0.25, -0.2) is 4.79 Å². The molecule has 0 spiro atoms. The van der Waals surface area contributed by atoms with Gasteiger partial charge in [-0.05, 0) is 27.2 Å². The highest BCUT2D eigenvalue weighted by Crippen LogP contribution is 2.29. The predicted octanol–water partition coefficient (Wildman–Crippen LogP) is 0.465. The largest absolute Gasteiger partial charge is 0.396 e. The maximum atomic E-state index is 11.3. The zero-order chi connectivity index (χ0) is 10.1. The molecule has 1 rings (SSSR count). The number of aliphatic hydroxyl groups excluding tert-OH is 1. The minimum atomic E-state index is -0.201. The van der Waals surface area contributed by atoms with E-state index in [1.807, 2.05) is 20.8 Å². The molecule has 1 fully saturated rings. The number of hydrogen-bond acceptors (Lipinski definition) is 2. The molecule has 0 heterocycles. The van der Waals surface area contributed by atoms with E-state index in [2.05, 4.69) is 10.6 Å². The van der Waals surface area contributed by atoms with Crippen molar-refractivity contribution in [3.05, 3.63) is 0 Å². The monoisotopic (exact) mass is 186 g/mol. The Morgan fingerprint density at radius 1 is 1.54 bits per heavy atom. The zero-order valence-corrected chi connectivity index (χ0v) is 8.42. The Kier molecular flexibility index (Phi) is 2.81. The highest BCUT2D eigenvalue weighted by Gasteiger charge is 2.37. The lowest BCUT2D eigenvalue weighted by Gasteiger charge is -2.20. The second-order valence-electron chi connectivity index (χ2n) is 4.63. The maximum absolute atomic E-state index is 11.3. The Labute approximate surface area is 78.7 Å². The fourth-order valence-electron chi connectivity index (χ4n) is 1.17. The quantitative estimate of drug-likeness (QED) is 0.587. The van der Waals surface area contributed by atoms with Gasteiger partial charge in [-0.2, -0.15) is 0 Å². The molecule has 0 aromatic carbocycles. The molecule has 0 saturated heterocycles. The van der Waals surface area contributed by atoms with Crippen LogP contribution in [0.5, 0.6) is 0 Å². The van der Waals surface area contributed by atoms with Crippen molar-refractivity contribution in [2.45, 2.75) is 38.8 Å². The van der Waals surface area contributed by atoms with Crippen LogP contribution in [0.2, 0.25) is 0 Å². The topological polar surface area (TPSA) is 61.4 Å². The fraction of sp³-hybridized carbons (Fsp3) is 0.889. The van der Waals surface area contributed by atoms with Crippen LogP contribution >= 0.6 is 0 Å². The van der Waals surface area contributed by atoms with E-state index in [1.165, 1.54) is 0 Å². The molecule has 13 heavy (non-hydrogen) atoms. The fourth-order valence-corrected chi connectivity index (χ4v) is 1.17. The first-order chi connectivity index (χ1) is 5.92. The summed E-state index contributed by atoms with van der Waals surface area (Å²) < 4.78 is 0. The van der Waals surface area contributed by atoms with Crippen LogP contribution in [0.25, 0.3) is 0 Å². The van der Waals surface area contributed by atoms with E-state index >= 15 is 0 Å². The molecular formula is C9H18N2O2. The molecular weight excluding hydrogens is 168 g/mol. The third-order valence-corrected chi connectivity index (χ3v) is 1.96. The van der Waals surface area contributed by atoms with Gasteiger partial charge in [0.15, 0.2) is 0 Å². The molecule has 0 radical (unpaired) electrons. The first-order valence-corrected chi connectivity index (χ1v) is 4.62. The van der Waals surface area contributed by atoms with E-state index in [0.29, 0.717) is 0 Å². The molecule has 1 saturated carbocycles. The summed E-state index contributed by atoms with van der Waals surface area (Å²) >= 11 is 0. The van der Waals surface area contributed by atoms with Crippen molar-refractivity contribution in [3.63, 3.8) is 0 Å². The first kappa shape index (κ1) is 10.3. The number of carbonyl (C=O) groups is 1. The SMILES string of the molecule is CC(C)(C)NC(=O)NC1CC1CO. The van der Waals surface area contributed by atoms with Crippen LogP contribution in [-0.2, 0) is 0 Å². The highest BCUT2D eigenvalue weighted by molar-refractivity contribution is 5.75. The number of urea groups is 1. The summed E-state index contributed by atoms with van der Waals surface area (Å²) in [6.07, 6.45) is 0.897. The molecule has 3 N–H and O–H groups in total. The van der Waals surface area contributed by atoms with E-state index < -0.39 is 0 Å². The Morgan fingerprint density at radius 3 is 2.54 bits per heavy atom. The van der Waals surface area contributed by atoms with Crippen molar-refractivity contribution in [2.24, 2.45) is 5.92 Å². The highest BCUT2D eigenvalue weighted by atomic mass is 16.3. The standard InChI is InChI=1S/C9H18N2O2/c1-9(2,3)11-8(13)10-7-4-6(7)5-12/h6-7,12H,4-5H2,1-3H3,(H2,10,11,13). The van der Waals surface area contributed by atoms with Gasteiger partial charge >= 0.3 is 6.03 Å². The molecule has 0 aliphatic heterocycles. The molecule has 0 bridgehead atoms. The lowest BCUT2D eigenvalue weighted by atomic mass is 10.1. The first-order valence-electron chi connectivity index (χ1n) is 4.62. The van der Waals surface area contributed by atoms with Gasteiger partial charge in [0, 0.05) is 24.1 Å². The van der Waals surface area contributed by atoms with Crippen molar-refractivity contribution in [2.75, 3.05) is 6.61 Å². The molecule has 4 heteroatoms. The minimum Gasteiger partial charge on any atom is -0.396 e. The summed E-state index contributed by atoms with van der Waals surface area (Å²) in [5.74, 6) is 0.269. The van der Waals surface area contributed by atoms with Crippen molar-refractivity contribution < 1.29 is 9.90 Å². The van der Waals surface area contributed by atoms with Crippen LogP contribution in [0.4, 0.5) is 4.79 Å². The molecule has 76 valence electrons. The van der Waals surface area contributed by atoms with Gasteiger partial charge in [0.2, 0.25) is 0 Å². The molecule has 4 nitrogen and oxygen atoms in total. The van der Waals surface area contributed by atoms with Gasteiger partial charge in [-0.15, -0.1) is 0 Å². The summed E-state index contributed by atoms with van der Waals surface area (Å²) in [7, 11) is 0. The lowest BCUT2D eigenvalue weighted by molar-refractivity contribution is 0.229. The summed E-state index contributed by atoms with van der Waals surface area (Å²) in [5.41, 5.74) is -0.201. The lowest BCUT2D eigenvalue weighted by Crippen LogP contribution is -2.47. The summed E-state index contributed by atoms with van der Waals surface area (Å²) in [4.78, 5) is 11.3. The van der Waals surface area contributed by atoms with Gasteiger partial charge < -0.3 is 15.7 Å². The van der Waals surface area contributed by atoms with E-state index in [4.69, 9.17) is 5.11 Å². The van der Waals surface area contributed by atoms with Crippen LogP contribution in [0.1, 0.15) is 27.2 Å². The molecule has 2 unspecified atom stereocenters. The zero-order valence-electron chi connectivity index (χ0n) is 8.42. The van der Waals surface area contributed by atoms with Gasteiger partial charge in [0.1, 0.15) is 0 Å². The van der Waals surface area contributed by atoms with E-state index in [1.54, 1.807) is 0 Å². The summed E-state index contributed by atoms with van der Waals surface area (Å²) in [6.45, 7) is 5.97. The second kappa shape index (κ2) is 3.54. The van der Waals surface area contributed by atoms with E-state index in [-0.39, 0.29) is 30.1 Å². The Hall–Kier alpha value is -0.770. The summed E-state index contributed by atoms with van der Waals surface area (Å²) in [5, 5.41) is 14.4. The number of amides is 2. The third kappa shape index (κ3) is 3.63. The normalized spacial score (nSPS) is 26.8. The minimum absolute atomic E-state index is 0.145. The van der Waals surface area contributed by atoms with Gasteiger partial charge in [0.05, 0.1) is 0 Å². The second-order valence-corrected chi connectivity index (χ2v) is 4.63. The average molecular weight is 186 g/mol. The summed E-state index contributed by atoms with van der Waals surface area (Å²) in [6, 6.07) is 0.0285. The Morgan fingerprint density at radius 2 is 2.15 bits per heavy atom. The maximum Gasteiger partial charge on any atom is 0.315 e. The van der Waals surface area contributed by atoms with Crippen LogP contribution in [0.3, 0.4) is 0 Å². The van der Waals surface area contributed by atoms with Crippen LogP contribution in [0.15, 0.2) is 0 Å². The third-order valence-electron chi connectivity index (χ3n) is 1.96. The Bertz CT molecular complexity index is 198. The van der Waals surface area contributed by atoms with Crippen LogP contribution < -0.4 is 10.6 Å². The average Bonchev–Trinajstić information content (AvgIpc) is 2.62. The van der Waals surface area contributed by atoms with Crippen molar-refractivity contribution in [3.8, 4) is 0 Å². The number of aliphatic hydroxyl groups is 1. The molecule has 2 amide bonds. The predicted molar refractivity (Wildman–Crippen MR) is 50.4 cm³/mol. The molecule has 1 aliphatic rings. The number of nitrogens with one attached hydrogen (secondary N) is 2. The van der Waals surface area contributed by atoms with Gasteiger partial charge in [0.25, 0.3) is 0 Å². The molecule has 1 aliphatic carbocycles. The molecule has 0 aromatic rings.